The largest absolute Gasteiger partial charge is 0.389 e. The van der Waals surface area contributed by atoms with Crippen molar-refractivity contribution in [3.8, 4) is 6.07 Å². The number of fused-ring (bicyclic) bond motifs is 1. The number of alkyl halides is 4. The minimum Gasteiger partial charge on any atom is -0.327 e. The summed E-state index contributed by atoms with van der Waals surface area (Å²) in [5, 5.41) is 8.51. The lowest BCUT2D eigenvalue weighted by Crippen LogP contribution is -2.11. The second-order valence-corrected chi connectivity index (χ2v) is 5.43. The predicted molar refractivity (Wildman–Crippen MR) is 74.0 cm³/mol. The standard InChI is InChI=1S/C14H13ClF3N3/c1-9(15)13-20-11-4-3-10(8-19)7-12(11)21(13)6-2-5-14(16,17)18/h3-4,7,9H,2,5-6H2,1H3. The number of rotatable bonds is 4. The van der Waals surface area contributed by atoms with E-state index in [0.29, 0.717) is 22.4 Å². The Morgan fingerprint density at radius 3 is 2.71 bits per heavy atom. The fraction of sp³-hybridized carbons (Fsp3) is 0.429. The Balaban J connectivity index is 2.38. The van der Waals surface area contributed by atoms with Gasteiger partial charge in [-0.2, -0.15) is 18.4 Å². The molecule has 112 valence electrons. The molecule has 0 radical (unpaired) electrons. The number of hydrogen-bond donors (Lipinski definition) is 0. The van der Waals surface area contributed by atoms with Crippen molar-refractivity contribution in [2.45, 2.75) is 37.9 Å². The van der Waals surface area contributed by atoms with Gasteiger partial charge in [0, 0.05) is 13.0 Å². The van der Waals surface area contributed by atoms with Crippen LogP contribution in [0.5, 0.6) is 0 Å². The maximum atomic E-state index is 12.3. The Bertz CT molecular complexity index is 683. The van der Waals surface area contributed by atoms with Crippen LogP contribution >= 0.6 is 11.6 Å². The zero-order valence-electron chi connectivity index (χ0n) is 11.3. The van der Waals surface area contributed by atoms with Crippen LogP contribution in [-0.2, 0) is 6.54 Å². The smallest absolute Gasteiger partial charge is 0.327 e. The first-order valence-electron chi connectivity index (χ1n) is 6.43. The van der Waals surface area contributed by atoms with Crippen LogP contribution in [0.1, 0.15) is 36.5 Å². The molecular weight excluding hydrogens is 303 g/mol. The highest BCUT2D eigenvalue weighted by Gasteiger charge is 2.26. The zero-order chi connectivity index (χ0) is 15.6. The lowest BCUT2D eigenvalue weighted by molar-refractivity contribution is -0.135. The Kier molecular flexibility index (Phi) is 4.43. The average Bonchev–Trinajstić information content (AvgIpc) is 2.75. The van der Waals surface area contributed by atoms with E-state index in [-0.39, 0.29) is 13.0 Å². The van der Waals surface area contributed by atoms with Gasteiger partial charge in [-0.05, 0) is 31.5 Å². The average molecular weight is 316 g/mol. The molecule has 0 aliphatic carbocycles. The molecule has 0 aliphatic rings. The lowest BCUT2D eigenvalue weighted by atomic mass is 10.2. The van der Waals surface area contributed by atoms with Gasteiger partial charge >= 0.3 is 6.18 Å². The number of halogens is 4. The van der Waals surface area contributed by atoms with E-state index in [2.05, 4.69) is 4.98 Å². The van der Waals surface area contributed by atoms with E-state index >= 15 is 0 Å². The van der Waals surface area contributed by atoms with Crippen molar-refractivity contribution >= 4 is 22.6 Å². The third-order valence-electron chi connectivity index (χ3n) is 3.10. The summed E-state index contributed by atoms with van der Waals surface area (Å²) in [6, 6.07) is 6.94. The Morgan fingerprint density at radius 1 is 1.43 bits per heavy atom. The van der Waals surface area contributed by atoms with E-state index in [9.17, 15) is 13.2 Å². The minimum atomic E-state index is -4.18. The second kappa shape index (κ2) is 5.94. The summed E-state index contributed by atoms with van der Waals surface area (Å²) < 4.78 is 38.5. The van der Waals surface area contributed by atoms with Gasteiger partial charge in [-0.15, -0.1) is 11.6 Å². The maximum absolute atomic E-state index is 12.3. The molecule has 1 heterocycles. The van der Waals surface area contributed by atoms with Crippen LogP contribution in [0.25, 0.3) is 11.0 Å². The molecule has 1 aromatic heterocycles. The molecule has 0 bridgehead atoms. The quantitative estimate of drug-likeness (QED) is 0.777. The van der Waals surface area contributed by atoms with Crippen molar-refractivity contribution in [3.05, 3.63) is 29.6 Å². The Morgan fingerprint density at radius 2 is 2.14 bits per heavy atom. The van der Waals surface area contributed by atoms with Crippen LogP contribution < -0.4 is 0 Å². The van der Waals surface area contributed by atoms with Crippen molar-refractivity contribution < 1.29 is 13.2 Å². The minimum absolute atomic E-state index is 0.0532. The number of aromatic nitrogens is 2. The molecular formula is C14H13ClF3N3. The van der Waals surface area contributed by atoms with Gasteiger partial charge in [-0.1, -0.05) is 0 Å². The van der Waals surface area contributed by atoms with Gasteiger partial charge < -0.3 is 4.57 Å². The molecule has 0 N–H and O–H groups in total. The van der Waals surface area contributed by atoms with E-state index in [1.807, 2.05) is 6.07 Å². The summed E-state index contributed by atoms with van der Waals surface area (Å²) >= 11 is 6.05. The van der Waals surface area contributed by atoms with Crippen LogP contribution in [0.3, 0.4) is 0 Å². The van der Waals surface area contributed by atoms with Crippen LogP contribution in [0.15, 0.2) is 18.2 Å². The third-order valence-corrected chi connectivity index (χ3v) is 3.30. The zero-order valence-corrected chi connectivity index (χ0v) is 12.0. The van der Waals surface area contributed by atoms with Gasteiger partial charge in [0.1, 0.15) is 5.82 Å². The van der Waals surface area contributed by atoms with Crippen LogP contribution in [-0.4, -0.2) is 15.7 Å². The predicted octanol–water partition coefficient (Wildman–Crippen LogP) is 4.55. The molecule has 3 nitrogen and oxygen atoms in total. The van der Waals surface area contributed by atoms with E-state index in [1.54, 1.807) is 29.7 Å². The fourth-order valence-electron chi connectivity index (χ4n) is 2.19. The summed E-state index contributed by atoms with van der Waals surface area (Å²) in [5.41, 5.74) is 1.70. The summed E-state index contributed by atoms with van der Waals surface area (Å²) in [4.78, 5) is 4.34. The summed E-state index contributed by atoms with van der Waals surface area (Å²) in [6.07, 6.45) is -5.09. The van der Waals surface area contributed by atoms with Crippen molar-refractivity contribution in [1.29, 1.82) is 5.26 Å². The topological polar surface area (TPSA) is 41.6 Å². The highest BCUT2D eigenvalue weighted by atomic mass is 35.5. The SMILES string of the molecule is CC(Cl)c1nc2ccc(C#N)cc2n1CCCC(F)(F)F. The molecule has 0 spiro atoms. The van der Waals surface area contributed by atoms with Gasteiger partial charge in [0.05, 0.1) is 28.0 Å². The van der Waals surface area contributed by atoms with E-state index in [1.165, 1.54) is 0 Å². The number of hydrogen-bond acceptors (Lipinski definition) is 2. The van der Waals surface area contributed by atoms with Gasteiger partial charge in [0.25, 0.3) is 0 Å². The molecule has 0 saturated carbocycles. The molecule has 0 saturated heterocycles. The summed E-state index contributed by atoms with van der Waals surface area (Å²) in [6.45, 7) is 1.88. The first kappa shape index (κ1) is 15.6. The molecule has 1 unspecified atom stereocenters. The van der Waals surface area contributed by atoms with E-state index in [0.717, 1.165) is 0 Å². The molecule has 0 amide bonds. The first-order chi connectivity index (χ1) is 9.81. The van der Waals surface area contributed by atoms with Crippen molar-refractivity contribution in [3.63, 3.8) is 0 Å². The number of aryl methyl sites for hydroxylation is 1. The summed E-state index contributed by atoms with van der Waals surface area (Å²) in [5.74, 6) is 0.518. The van der Waals surface area contributed by atoms with Crippen LogP contribution in [0, 0.1) is 11.3 Å². The highest BCUT2D eigenvalue weighted by Crippen LogP contribution is 2.27. The third kappa shape index (κ3) is 3.67. The Labute approximate surface area is 124 Å². The van der Waals surface area contributed by atoms with Crippen molar-refractivity contribution in [1.82, 2.24) is 9.55 Å². The monoisotopic (exact) mass is 315 g/mol. The molecule has 21 heavy (non-hydrogen) atoms. The molecule has 7 heteroatoms. The normalized spacial score (nSPS) is 13.3. The molecule has 1 aromatic carbocycles. The molecule has 2 aromatic rings. The maximum Gasteiger partial charge on any atom is 0.389 e. The van der Waals surface area contributed by atoms with Gasteiger partial charge in [0.15, 0.2) is 0 Å². The Hall–Kier alpha value is -1.74. The van der Waals surface area contributed by atoms with Gasteiger partial charge in [-0.3, -0.25) is 0 Å². The van der Waals surface area contributed by atoms with Crippen molar-refractivity contribution in [2.24, 2.45) is 0 Å². The van der Waals surface area contributed by atoms with Crippen LogP contribution in [0.4, 0.5) is 13.2 Å². The van der Waals surface area contributed by atoms with Gasteiger partial charge in [0.2, 0.25) is 0 Å². The van der Waals surface area contributed by atoms with Gasteiger partial charge in [-0.25, -0.2) is 4.98 Å². The highest BCUT2D eigenvalue weighted by molar-refractivity contribution is 6.20. The first-order valence-corrected chi connectivity index (χ1v) is 6.86. The van der Waals surface area contributed by atoms with E-state index < -0.39 is 18.0 Å². The summed E-state index contributed by atoms with van der Waals surface area (Å²) in [7, 11) is 0. The number of benzene rings is 1. The van der Waals surface area contributed by atoms with Crippen molar-refractivity contribution in [2.75, 3.05) is 0 Å². The second-order valence-electron chi connectivity index (χ2n) is 4.77. The van der Waals surface area contributed by atoms with E-state index in [4.69, 9.17) is 16.9 Å². The molecule has 0 fully saturated rings. The van der Waals surface area contributed by atoms with Crippen LogP contribution in [0.2, 0.25) is 0 Å². The fourth-order valence-corrected chi connectivity index (χ4v) is 2.35. The lowest BCUT2D eigenvalue weighted by Gasteiger charge is -2.11. The molecule has 0 aliphatic heterocycles. The number of imidazole rings is 1. The number of nitriles is 1. The number of nitrogens with zero attached hydrogens (tertiary/aromatic N) is 3. The molecule has 1 atom stereocenters. The molecule has 2 rings (SSSR count).